The van der Waals surface area contributed by atoms with Crippen molar-refractivity contribution < 1.29 is 37.0 Å². The highest BCUT2D eigenvalue weighted by Gasteiger charge is 2.57. The third-order valence-electron chi connectivity index (χ3n) is 6.10. The zero-order chi connectivity index (χ0) is 26.5. The molecule has 3 aromatic rings. The van der Waals surface area contributed by atoms with Crippen molar-refractivity contribution in [2.75, 3.05) is 13.2 Å². The molecule has 0 fully saturated rings. The maximum Gasteiger partial charge on any atom is 0.424 e. The predicted octanol–water partition coefficient (Wildman–Crippen LogP) is 1.94. The number of primary amides is 1. The molecule has 1 aliphatic heterocycles. The highest BCUT2D eigenvalue weighted by atomic mass is 19.4. The van der Waals surface area contributed by atoms with Gasteiger partial charge in [0.1, 0.15) is 29.3 Å². The van der Waals surface area contributed by atoms with E-state index in [0.29, 0.717) is 0 Å². The molecule has 0 saturated heterocycles. The number of nitrogens with two attached hydrogens (primary N) is 1. The monoisotopic (exact) mass is 507 g/mol. The molecular formula is C23H21F4N5O4. The standard InChI is InChI=1S/C23H21F4N5O4/c1-21(20(28)34)11-36-18-15(21)7-16(31-17(18)12-3-5-14(24)6-4-12)22(35,23(25,26)27)10-29-19(33)13-8-30-32(2)9-13/h3-9,35H,10-11H2,1-2H3,(H2,28,34)(H,29,33)/t21-,22-/m0/s1. The van der Waals surface area contributed by atoms with Gasteiger partial charge >= 0.3 is 6.18 Å². The zero-order valence-electron chi connectivity index (χ0n) is 19.1. The molecular weight excluding hydrogens is 486 g/mol. The minimum atomic E-state index is -5.31. The molecule has 4 N–H and O–H groups in total. The Morgan fingerprint density at radius 2 is 1.94 bits per heavy atom. The van der Waals surface area contributed by atoms with Gasteiger partial charge in [0, 0.05) is 24.4 Å². The van der Waals surface area contributed by atoms with Gasteiger partial charge in [-0.25, -0.2) is 9.37 Å². The molecule has 190 valence electrons. The fourth-order valence-corrected chi connectivity index (χ4v) is 3.79. The molecule has 0 radical (unpaired) electrons. The molecule has 9 nitrogen and oxygen atoms in total. The van der Waals surface area contributed by atoms with Gasteiger partial charge in [-0.2, -0.15) is 18.3 Å². The first-order chi connectivity index (χ1) is 16.8. The molecule has 4 rings (SSSR count). The van der Waals surface area contributed by atoms with Crippen molar-refractivity contribution in [1.29, 1.82) is 0 Å². The van der Waals surface area contributed by atoms with Crippen molar-refractivity contribution in [3.8, 4) is 17.0 Å². The first-order valence-corrected chi connectivity index (χ1v) is 10.6. The summed E-state index contributed by atoms with van der Waals surface area (Å²) >= 11 is 0. The number of amides is 2. The Hall–Kier alpha value is -4.00. The molecule has 2 aromatic heterocycles. The SMILES string of the molecule is Cn1cc(C(=O)NC[C@](O)(c2cc3c(c(-c4ccc(F)cc4)n2)OC[C@]3(C)C(N)=O)C(F)(F)F)cn1. The number of halogens is 4. The molecule has 1 aliphatic rings. The van der Waals surface area contributed by atoms with Crippen molar-refractivity contribution in [1.82, 2.24) is 20.1 Å². The van der Waals surface area contributed by atoms with Crippen LogP contribution >= 0.6 is 0 Å². The van der Waals surface area contributed by atoms with E-state index >= 15 is 0 Å². The van der Waals surface area contributed by atoms with Crippen LogP contribution in [0, 0.1) is 5.82 Å². The number of aryl methyl sites for hydroxylation is 1. The summed E-state index contributed by atoms with van der Waals surface area (Å²) in [5.74, 6) is -2.39. The van der Waals surface area contributed by atoms with E-state index in [-0.39, 0.29) is 34.7 Å². The average molecular weight is 507 g/mol. The molecule has 36 heavy (non-hydrogen) atoms. The maximum atomic E-state index is 14.3. The molecule has 0 aliphatic carbocycles. The number of carbonyl (C=O) groups is 2. The van der Waals surface area contributed by atoms with Crippen LogP contribution in [-0.4, -0.2) is 51.0 Å². The lowest BCUT2D eigenvalue weighted by Crippen LogP contribution is -2.51. The fourth-order valence-electron chi connectivity index (χ4n) is 3.79. The number of hydrogen-bond donors (Lipinski definition) is 3. The molecule has 1 aromatic carbocycles. The van der Waals surface area contributed by atoms with E-state index in [1.807, 2.05) is 0 Å². The number of fused-ring (bicyclic) bond motifs is 1. The summed E-state index contributed by atoms with van der Waals surface area (Å²) < 4.78 is 63.3. The summed E-state index contributed by atoms with van der Waals surface area (Å²) in [5.41, 5.74) is -0.619. The second-order valence-electron chi connectivity index (χ2n) is 8.67. The molecule has 13 heteroatoms. The van der Waals surface area contributed by atoms with Crippen LogP contribution in [0.4, 0.5) is 17.6 Å². The normalized spacial score (nSPS) is 18.8. The van der Waals surface area contributed by atoms with Crippen LogP contribution in [-0.2, 0) is 22.9 Å². The van der Waals surface area contributed by atoms with Crippen LogP contribution in [0.2, 0.25) is 0 Å². The lowest BCUT2D eigenvalue weighted by molar-refractivity contribution is -0.265. The summed E-state index contributed by atoms with van der Waals surface area (Å²) in [6.45, 7) is -0.192. The molecule has 2 atom stereocenters. The Morgan fingerprint density at radius 3 is 2.50 bits per heavy atom. The molecule has 0 unspecified atom stereocenters. The number of carbonyl (C=O) groups excluding carboxylic acids is 2. The average Bonchev–Trinajstić information content (AvgIpc) is 3.41. The predicted molar refractivity (Wildman–Crippen MR) is 117 cm³/mol. The van der Waals surface area contributed by atoms with Gasteiger partial charge in [0.25, 0.3) is 5.91 Å². The molecule has 0 saturated carbocycles. The number of ether oxygens (including phenoxy) is 1. The third-order valence-corrected chi connectivity index (χ3v) is 6.10. The number of alkyl halides is 3. The second kappa shape index (κ2) is 8.59. The number of hydrogen-bond acceptors (Lipinski definition) is 6. The summed E-state index contributed by atoms with van der Waals surface area (Å²) in [6.07, 6.45) is -2.87. The first kappa shape index (κ1) is 25.1. The van der Waals surface area contributed by atoms with Crippen LogP contribution in [0.5, 0.6) is 5.75 Å². The van der Waals surface area contributed by atoms with Crippen LogP contribution in [0.25, 0.3) is 11.3 Å². The Kier molecular flexibility index (Phi) is 5.99. The number of pyridine rings is 1. The van der Waals surface area contributed by atoms with Crippen molar-refractivity contribution in [2.45, 2.75) is 24.1 Å². The fraction of sp³-hybridized carbons (Fsp3) is 0.304. The third kappa shape index (κ3) is 4.15. The van der Waals surface area contributed by atoms with Gasteiger partial charge in [0.15, 0.2) is 0 Å². The number of nitrogens with one attached hydrogen (secondary N) is 1. The Bertz CT molecular complexity index is 1340. The van der Waals surface area contributed by atoms with E-state index in [0.717, 1.165) is 24.4 Å². The molecule has 2 amide bonds. The summed E-state index contributed by atoms with van der Waals surface area (Å²) in [5, 5.41) is 16.8. The number of aromatic nitrogens is 3. The summed E-state index contributed by atoms with van der Waals surface area (Å²) in [6, 6.07) is 5.57. The lowest BCUT2D eigenvalue weighted by atomic mass is 9.81. The number of aliphatic hydroxyl groups is 1. The number of benzene rings is 1. The van der Waals surface area contributed by atoms with Crippen molar-refractivity contribution in [2.24, 2.45) is 12.8 Å². The number of rotatable bonds is 6. The van der Waals surface area contributed by atoms with Gasteiger partial charge in [0.2, 0.25) is 11.5 Å². The summed E-state index contributed by atoms with van der Waals surface area (Å²) in [4.78, 5) is 28.6. The van der Waals surface area contributed by atoms with Crippen LogP contribution in [0.3, 0.4) is 0 Å². The summed E-state index contributed by atoms with van der Waals surface area (Å²) in [7, 11) is 1.52. The van der Waals surface area contributed by atoms with Gasteiger partial charge in [-0.05, 0) is 37.3 Å². The van der Waals surface area contributed by atoms with Crippen LogP contribution < -0.4 is 15.8 Å². The van der Waals surface area contributed by atoms with Crippen molar-refractivity contribution in [3.05, 3.63) is 65.4 Å². The zero-order valence-corrected chi connectivity index (χ0v) is 19.1. The first-order valence-electron chi connectivity index (χ1n) is 10.6. The van der Waals surface area contributed by atoms with E-state index in [1.165, 1.54) is 37.0 Å². The van der Waals surface area contributed by atoms with E-state index in [4.69, 9.17) is 10.5 Å². The van der Waals surface area contributed by atoms with E-state index in [2.05, 4.69) is 15.4 Å². The van der Waals surface area contributed by atoms with E-state index < -0.39 is 47.1 Å². The largest absolute Gasteiger partial charge is 0.489 e. The molecule has 3 heterocycles. The van der Waals surface area contributed by atoms with Crippen molar-refractivity contribution in [3.63, 3.8) is 0 Å². The van der Waals surface area contributed by atoms with Gasteiger partial charge in [0.05, 0.1) is 24.0 Å². The smallest absolute Gasteiger partial charge is 0.424 e. The van der Waals surface area contributed by atoms with E-state index in [9.17, 15) is 32.3 Å². The van der Waals surface area contributed by atoms with E-state index in [1.54, 1.807) is 0 Å². The van der Waals surface area contributed by atoms with Gasteiger partial charge < -0.3 is 20.9 Å². The minimum Gasteiger partial charge on any atom is -0.489 e. The maximum absolute atomic E-state index is 14.3. The second-order valence-corrected chi connectivity index (χ2v) is 8.67. The van der Waals surface area contributed by atoms with Crippen LogP contribution in [0.15, 0.2) is 42.7 Å². The quantitative estimate of drug-likeness (QED) is 0.437. The Labute approximate surface area is 201 Å². The Morgan fingerprint density at radius 1 is 1.28 bits per heavy atom. The Balaban J connectivity index is 1.86. The number of nitrogens with zero attached hydrogens (tertiary/aromatic N) is 3. The van der Waals surface area contributed by atoms with Crippen LogP contribution in [0.1, 0.15) is 28.5 Å². The highest BCUT2D eigenvalue weighted by Crippen LogP contribution is 2.47. The topological polar surface area (TPSA) is 132 Å². The highest BCUT2D eigenvalue weighted by molar-refractivity contribution is 5.93. The molecule has 0 spiro atoms. The van der Waals surface area contributed by atoms with Crippen molar-refractivity contribution >= 4 is 11.8 Å². The molecule has 0 bridgehead atoms. The van der Waals surface area contributed by atoms with Gasteiger partial charge in [-0.15, -0.1) is 0 Å². The van der Waals surface area contributed by atoms with Gasteiger partial charge in [-0.3, -0.25) is 14.3 Å². The van der Waals surface area contributed by atoms with Gasteiger partial charge in [-0.1, -0.05) is 0 Å². The minimum absolute atomic E-state index is 0.0180. The lowest BCUT2D eigenvalue weighted by Gasteiger charge is -2.31.